The van der Waals surface area contributed by atoms with E-state index in [1.165, 1.54) is 0 Å². The maximum absolute atomic E-state index is 13.9. The highest BCUT2D eigenvalue weighted by molar-refractivity contribution is 6.30. The van der Waals surface area contributed by atoms with E-state index in [-0.39, 0.29) is 10.8 Å². The molecule has 1 N–H and O–H groups in total. The van der Waals surface area contributed by atoms with Crippen LogP contribution in [0.25, 0.3) is 0 Å². The summed E-state index contributed by atoms with van der Waals surface area (Å²) in [6.45, 7) is 9.68. The highest BCUT2D eigenvalue weighted by Gasteiger charge is 2.17. The molecule has 1 atom stereocenters. The van der Waals surface area contributed by atoms with Crippen molar-refractivity contribution in [1.29, 1.82) is 0 Å². The van der Waals surface area contributed by atoms with Crippen LogP contribution < -0.4 is 5.32 Å². The van der Waals surface area contributed by atoms with Crippen molar-refractivity contribution in [2.75, 3.05) is 6.54 Å². The fourth-order valence-corrected chi connectivity index (χ4v) is 2.34. The van der Waals surface area contributed by atoms with Crippen molar-refractivity contribution in [3.8, 4) is 0 Å². The van der Waals surface area contributed by atoms with Crippen LogP contribution in [-0.4, -0.2) is 12.6 Å². The van der Waals surface area contributed by atoms with E-state index in [4.69, 9.17) is 11.6 Å². The zero-order valence-corrected chi connectivity index (χ0v) is 13.1. The minimum Gasteiger partial charge on any atom is -0.314 e. The van der Waals surface area contributed by atoms with Crippen LogP contribution >= 0.6 is 11.6 Å². The Kier molecular flexibility index (Phi) is 6.28. The highest BCUT2D eigenvalue weighted by Crippen LogP contribution is 2.24. The summed E-state index contributed by atoms with van der Waals surface area (Å²) in [6, 6.07) is 5.53. The molecule has 108 valence electrons. The minimum absolute atomic E-state index is 0.212. The average Bonchev–Trinajstić information content (AvgIpc) is 2.31. The van der Waals surface area contributed by atoms with Gasteiger partial charge < -0.3 is 5.32 Å². The molecule has 1 rings (SSSR count). The molecular formula is C16H25ClFN. The normalized spacial score (nSPS) is 13.6. The van der Waals surface area contributed by atoms with Crippen LogP contribution in [0.15, 0.2) is 18.2 Å². The molecule has 0 saturated carbocycles. The number of rotatable bonds is 6. The van der Waals surface area contributed by atoms with Crippen LogP contribution in [0.1, 0.15) is 46.1 Å². The lowest BCUT2D eigenvalue weighted by molar-refractivity contribution is 0.329. The van der Waals surface area contributed by atoms with Crippen molar-refractivity contribution in [3.63, 3.8) is 0 Å². The molecule has 0 aliphatic heterocycles. The van der Waals surface area contributed by atoms with Crippen LogP contribution in [0.2, 0.25) is 5.02 Å². The molecule has 0 aliphatic rings. The van der Waals surface area contributed by atoms with Gasteiger partial charge in [0, 0.05) is 6.04 Å². The van der Waals surface area contributed by atoms with E-state index in [2.05, 4.69) is 33.0 Å². The lowest BCUT2D eigenvalue weighted by atomic mass is 9.87. The highest BCUT2D eigenvalue weighted by atomic mass is 35.5. The van der Waals surface area contributed by atoms with E-state index in [0.29, 0.717) is 23.4 Å². The summed E-state index contributed by atoms with van der Waals surface area (Å²) < 4.78 is 13.9. The molecule has 0 spiro atoms. The SMILES string of the molecule is CCNC(CCC(C)(C)C)Cc1cccc(Cl)c1F. The van der Waals surface area contributed by atoms with Gasteiger partial charge in [0.2, 0.25) is 0 Å². The quantitative estimate of drug-likeness (QED) is 0.790. The van der Waals surface area contributed by atoms with Gasteiger partial charge in [-0.15, -0.1) is 0 Å². The summed E-state index contributed by atoms with van der Waals surface area (Å²) in [5.74, 6) is -0.275. The first-order valence-electron chi connectivity index (χ1n) is 6.99. The van der Waals surface area contributed by atoms with Crippen LogP contribution in [0.5, 0.6) is 0 Å². The second kappa shape index (κ2) is 7.25. The molecule has 0 aromatic heterocycles. The molecule has 0 radical (unpaired) electrons. The van der Waals surface area contributed by atoms with Gasteiger partial charge in [-0.1, -0.05) is 51.4 Å². The Morgan fingerprint density at radius 1 is 1.32 bits per heavy atom. The maximum atomic E-state index is 13.9. The monoisotopic (exact) mass is 285 g/mol. The predicted molar refractivity (Wildman–Crippen MR) is 81.3 cm³/mol. The third kappa shape index (κ3) is 5.92. The molecule has 1 nitrogen and oxygen atoms in total. The summed E-state index contributed by atoms with van der Waals surface area (Å²) in [5.41, 5.74) is 1.01. The Morgan fingerprint density at radius 2 is 2.00 bits per heavy atom. The smallest absolute Gasteiger partial charge is 0.145 e. The molecule has 1 aromatic carbocycles. The Morgan fingerprint density at radius 3 is 2.58 bits per heavy atom. The number of benzene rings is 1. The molecule has 0 heterocycles. The van der Waals surface area contributed by atoms with Crippen molar-refractivity contribution in [2.45, 2.75) is 53.0 Å². The topological polar surface area (TPSA) is 12.0 Å². The minimum atomic E-state index is -0.275. The van der Waals surface area contributed by atoms with Crippen LogP contribution in [0.4, 0.5) is 4.39 Å². The number of halogens is 2. The molecule has 1 aromatic rings. The molecule has 0 bridgehead atoms. The summed E-state index contributed by atoms with van der Waals surface area (Å²) in [6.07, 6.45) is 2.85. The fraction of sp³-hybridized carbons (Fsp3) is 0.625. The van der Waals surface area contributed by atoms with Crippen molar-refractivity contribution < 1.29 is 4.39 Å². The van der Waals surface area contributed by atoms with E-state index in [1.807, 2.05) is 12.1 Å². The molecule has 1 unspecified atom stereocenters. The Balaban J connectivity index is 2.70. The molecule has 0 fully saturated rings. The number of hydrogen-bond donors (Lipinski definition) is 1. The van der Waals surface area contributed by atoms with Crippen molar-refractivity contribution in [2.24, 2.45) is 5.41 Å². The van der Waals surface area contributed by atoms with Gasteiger partial charge >= 0.3 is 0 Å². The number of likely N-dealkylation sites (N-methyl/N-ethyl adjacent to an activating group) is 1. The van der Waals surface area contributed by atoms with Crippen molar-refractivity contribution in [3.05, 3.63) is 34.6 Å². The van der Waals surface area contributed by atoms with E-state index in [0.717, 1.165) is 19.4 Å². The standard InChI is InChI=1S/C16H25ClFN/c1-5-19-13(9-10-16(2,3)4)11-12-7-6-8-14(17)15(12)18/h6-8,13,19H,5,9-11H2,1-4H3. The molecule has 0 saturated heterocycles. The number of hydrogen-bond acceptors (Lipinski definition) is 1. The van der Waals surface area contributed by atoms with Gasteiger partial charge in [-0.2, -0.15) is 0 Å². The first-order chi connectivity index (χ1) is 8.83. The van der Waals surface area contributed by atoms with Gasteiger partial charge in [-0.25, -0.2) is 4.39 Å². The van der Waals surface area contributed by atoms with Crippen LogP contribution in [0, 0.1) is 11.2 Å². The zero-order valence-electron chi connectivity index (χ0n) is 12.4. The van der Waals surface area contributed by atoms with Gasteiger partial charge in [0.15, 0.2) is 0 Å². The van der Waals surface area contributed by atoms with Gasteiger partial charge in [0.05, 0.1) is 5.02 Å². The van der Waals surface area contributed by atoms with E-state index < -0.39 is 0 Å². The summed E-state index contributed by atoms with van der Waals surface area (Å²) in [7, 11) is 0. The van der Waals surface area contributed by atoms with Gasteiger partial charge in [0.1, 0.15) is 5.82 Å². The maximum Gasteiger partial charge on any atom is 0.145 e. The predicted octanol–water partition coefficient (Wildman–Crippen LogP) is 4.83. The van der Waals surface area contributed by atoms with Crippen LogP contribution in [-0.2, 0) is 6.42 Å². The fourth-order valence-electron chi connectivity index (χ4n) is 2.14. The Bertz CT molecular complexity index is 398. The largest absolute Gasteiger partial charge is 0.314 e. The van der Waals surface area contributed by atoms with E-state index in [9.17, 15) is 4.39 Å². The Labute approximate surface area is 121 Å². The third-order valence-electron chi connectivity index (χ3n) is 3.23. The third-order valence-corrected chi connectivity index (χ3v) is 3.53. The molecule has 0 amide bonds. The average molecular weight is 286 g/mol. The van der Waals surface area contributed by atoms with E-state index >= 15 is 0 Å². The Hall–Kier alpha value is -0.600. The summed E-state index contributed by atoms with van der Waals surface area (Å²) in [4.78, 5) is 0. The number of nitrogens with one attached hydrogen (secondary N) is 1. The van der Waals surface area contributed by atoms with Crippen molar-refractivity contribution in [1.82, 2.24) is 5.32 Å². The first-order valence-corrected chi connectivity index (χ1v) is 7.37. The van der Waals surface area contributed by atoms with E-state index in [1.54, 1.807) is 6.07 Å². The zero-order chi connectivity index (χ0) is 14.5. The second-order valence-corrected chi connectivity index (χ2v) is 6.68. The van der Waals surface area contributed by atoms with Gasteiger partial charge in [0.25, 0.3) is 0 Å². The molecular weight excluding hydrogens is 261 g/mol. The summed E-state index contributed by atoms with van der Waals surface area (Å²) in [5, 5.41) is 3.65. The molecule has 19 heavy (non-hydrogen) atoms. The van der Waals surface area contributed by atoms with Crippen LogP contribution in [0.3, 0.4) is 0 Å². The first kappa shape index (κ1) is 16.5. The molecule has 3 heteroatoms. The lowest BCUT2D eigenvalue weighted by Gasteiger charge is -2.24. The van der Waals surface area contributed by atoms with Crippen molar-refractivity contribution >= 4 is 11.6 Å². The second-order valence-electron chi connectivity index (χ2n) is 6.27. The molecule has 0 aliphatic carbocycles. The van der Waals surface area contributed by atoms with Gasteiger partial charge in [-0.05, 0) is 42.9 Å². The van der Waals surface area contributed by atoms with Gasteiger partial charge in [-0.3, -0.25) is 0 Å². The summed E-state index contributed by atoms with van der Waals surface area (Å²) >= 11 is 5.83. The lowest BCUT2D eigenvalue weighted by Crippen LogP contribution is -2.32.